The van der Waals surface area contributed by atoms with Crippen molar-refractivity contribution in [3.8, 4) is 0 Å². The van der Waals surface area contributed by atoms with Crippen LogP contribution in [0, 0.1) is 5.92 Å². The summed E-state index contributed by atoms with van der Waals surface area (Å²) in [6.07, 6.45) is 0.914. The molecule has 1 rings (SSSR count). The van der Waals surface area contributed by atoms with Crippen molar-refractivity contribution in [2.24, 2.45) is 5.92 Å². The van der Waals surface area contributed by atoms with E-state index in [1.165, 1.54) is 6.54 Å². The van der Waals surface area contributed by atoms with E-state index in [1.54, 1.807) is 0 Å². The van der Waals surface area contributed by atoms with Crippen molar-refractivity contribution < 1.29 is 5.11 Å². The molecule has 84 valence electrons. The molecule has 1 N–H and O–H groups in total. The van der Waals surface area contributed by atoms with Gasteiger partial charge in [-0.05, 0) is 19.4 Å². The Morgan fingerprint density at radius 2 is 2.07 bits per heavy atom. The normalized spacial score (nSPS) is 25.9. The van der Waals surface area contributed by atoms with Gasteiger partial charge in [-0.25, -0.2) is 0 Å². The molecule has 1 aliphatic rings. The quantitative estimate of drug-likeness (QED) is 0.721. The molecule has 0 bridgehead atoms. The molecule has 1 heterocycles. The summed E-state index contributed by atoms with van der Waals surface area (Å²) in [6, 6.07) is 0.557. The van der Waals surface area contributed by atoms with E-state index in [1.807, 2.05) is 0 Å². The van der Waals surface area contributed by atoms with Crippen LogP contribution < -0.4 is 0 Å². The lowest BCUT2D eigenvalue weighted by atomic mass is 10.1. The summed E-state index contributed by atoms with van der Waals surface area (Å²) >= 11 is 0. The van der Waals surface area contributed by atoms with Crippen LogP contribution in [0.1, 0.15) is 20.3 Å². The number of aliphatic hydroxyl groups excluding tert-OH is 1. The molecule has 0 saturated carbocycles. The van der Waals surface area contributed by atoms with E-state index in [9.17, 15) is 0 Å². The van der Waals surface area contributed by atoms with Gasteiger partial charge in [0.1, 0.15) is 0 Å². The van der Waals surface area contributed by atoms with Gasteiger partial charge in [0, 0.05) is 38.8 Å². The molecule has 14 heavy (non-hydrogen) atoms. The van der Waals surface area contributed by atoms with Crippen molar-refractivity contribution in [3.63, 3.8) is 0 Å². The van der Waals surface area contributed by atoms with Crippen molar-refractivity contribution in [3.05, 3.63) is 0 Å². The summed E-state index contributed by atoms with van der Waals surface area (Å²) in [5.74, 6) is 0.722. The first-order valence-corrected chi connectivity index (χ1v) is 5.67. The molecule has 1 atom stereocenters. The number of aliphatic hydroxyl groups is 1. The highest BCUT2D eigenvalue weighted by Gasteiger charge is 2.24. The fourth-order valence-corrected chi connectivity index (χ4v) is 2.18. The fourth-order valence-electron chi connectivity index (χ4n) is 2.18. The van der Waals surface area contributed by atoms with Crippen molar-refractivity contribution in [1.29, 1.82) is 0 Å². The minimum atomic E-state index is 0.313. The highest BCUT2D eigenvalue weighted by molar-refractivity contribution is 4.80. The molecular formula is C11H24N2O. The second kappa shape index (κ2) is 5.69. The first-order chi connectivity index (χ1) is 6.63. The number of likely N-dealkylation sites (N-methyl/N-ethyl adjacent to an activating group) is 1. The predicted octanol–water partition coefficient (Wildman–Crippen LogP) is 0.641. The molecular weight excluding hydrogens is 176 g/mol. The molecule has 3 nitrogen and oxygen atoms in total. The number of rotatable bonds is 4. The van der Waals surface area contributed by atoms with E-state index in [2.05, 4.69) is 30.7 Å². The van der Waals surface area contributed by atoms with Gasteiger partial charge in [0.25, 0.3) is 0 Å². The summed E-state index contributed by atoms with van der Waals surface area (Å²) in [5, 5.41) is 9.01. The van der Waals surface area contributed by atoms with Crippen LogP contribution in [0.25, 0.3) is 0 Å². The molecule has 0 aromatic rings. The van der Waals surface area contributed by atoms with Gasteiger partial charge >= 0.3 is 0 Å². The van der Waals surface area contributed by atoms with Crippen molar-refractivity contribution in [2.75, 3.05) is 39.8 Å². The molecule has 3 heteroatoms. The maximum absolute atomic E-state index is 9.01. The van der Waals surface area contributed by atoms with Gasteiger partial charge in [-0.15, -0.1) is 0 Å². The Hall–Kier alpha value is -0.120. The number of hydrogen-bond acceptors (Lipinski definition) is 3. The van der Waals surface area contributed by atoms with E-state index in [0.717, 1.165) is 32.0 Å². The zero-order valence-electron chi connectivity index (χ0n) is 9.74. The Bertz CT molecular complexity index is 159. The van der Waals surface area contributed by atoms with Crippen LogP contribution in [0.2, 0.25) is 0 Å². The Kier molecular flexibility index (Phi) is 4.85. The van der Waals surface area contributed by atoms with E-state index in [0.29, 0.717) is 12.6 Å². The SMILES string of the molecule is CC(C)CN1CCN(C)CC1CCO. The Balaban J connectivity index is 2.44. The number of hydrogen-bond donors (Lipinski definition) is 1. The van der Waals surface area contributed by atoms with Crippen LogP contribution in [-0.4, -0.2) is 60.8 Å². The highest BCUT2D eigenvalue weighted by atomic mass is 16.3. The van der Waals surface area contributed by atoms with Gasteiger partial charge in [-0.1, -0.05) is 13.8 Å². The second-order valence-electron chi connectivity index (χ2n) is 4.82. The summed E-state index contributed by atoms with van der Waals surface area (Å²) in [7, 11) is 2.16. The maximum Gasteiger partial charge on any atom is 0.0446 e. The zero-order valence-corrected chi connectivity index (χ0v) is 9.74. The highest BCUT2D eigenvalue weighted by Crippen LogP contribution is 2.13. The van der Waals surface area contributed by atoms with Gasteiger partial charge in [0.15, 0.2) is 0 Å². The molecule has 1 unspecified atom stereocenters. The van der Waals surface area contributed by atoms with Gasteiger partial charge in [0.05, 0.1) is 0 Å². The molecule has 0 spiro atoms. The lowest BCUT2D eigenvalue weighted by Gasteiger charge is -2.40. The van der Waals surface area contributed by atoms with Crippen molar-refractivity contribution in [2.45, 2.75) is 26.3 Å². The number of piperazine rings is 1. The third kappa shape index (κ3) is 3.56. The Morgan fingerprint density at radius 1 is 1.36 bits per heavy atom. The third-order valence-electron chi connectivity index (χ3n) is 2.87. The summed E-state index contributed by atoms with van der Waals surface area (Å²) in [4.78, 5) is 4.89. The first kappa shape index (κ1) is 12.0. The average molecular weight is 200 g/mol. The molecule has 0 aromatic carbocycles. The van der Waals surface area contributed by atoms with Gasteiger partial charge in [-0.2, -0.15) is 0 Å². The topological polar surface area (TPSA) is 26.7 Å². The van der Waals surface area contributed by atoms with Crippen LogP contribution in [0.15, 0.2) is 0 Å². The maximum atomic E-state index is 9.01. The molecule has 0 radical (unpaired) electrons. The molecule has 1 aliphatic heterocycles. The monoisotopic (exact) mass is 200 g/mol. The fraction of sp³-hybridized carbons (Fsp3) is 1.00. The Morgan fingerprint density at radius 3 is 2.64 bits per heavy atom. The second-order valence-corrected chi connectivity index (χ2v) is 4.82. The largest absolute Gasteiger partial charge is 0.396 e. The van der Waals surface area contributed by atoms with E-state index >= 15 is 0 Å². The predicted molar refractivity (Wildman–Crippen MR) is 59.4 cm³/mol. The standard InChI is InChI=1S/C11H24N2O/c1-10(2)8-13-6-5-12(3)9-11(13)4-7-14/h10-11,14H,4-9H2,1-3H3. The molecule has 0 amide bonds. The van der Waals surface area contributed by atoms with Crippen LogP contribution in [-0.2, 0) is 0 Å². The van der Waals surface area contributed by atoms with Gasteiger partial charge < -0.3 is 10.0 Å². The molecule has 1 fully saturated rings. The molecule has 1 saturated heterocycles. The molecule has 0 aromatic heterocycles. The van der Waals surface area contributed by atoms with Crippen molar-refractivity contribution in [1.82, 2.24) is 9.80 Å². The van der Waals surface area contributed by atoms with Gasteiger partial charge in [0.2, 0.25) is 0 Å². The zero-order chi connectivity index (χ0) is 10.6. The summed E-state index contributed by atoms with van der Waals surface area (Å²) < 4.78 is 0. The van der Waals surface area contributed by atoms with Crippen LogP contribution in [0.5, 0.6) is 0 Å². The van der Waals surface area contributed by atoms with E-state index in [4.69, 9.17) is 5.11 Å². The van der Waals surface area contributed by atoms with Crippen LogP contribution in [0.3, 0.4) is 0 Å². The smallest absolute Gasteiger partial charge is 0.0446 e. The van der Waals surface area contributed by atoms with Gasteiger partial charge in [-0.3, -0.25) is 4.90 Å². The minimum absolute atomic E-state index is 0.313. The van der Waals surface area contributed by atoms with E-state index < -0.39 is 0 Å². The molecule has 0 aliphatic carbocycles. The average Bonchev–Trinajstić information content (AvgIpc) is 2.09. The Labute approximate surface area is 87.7 Å². The van der Waals surface area contributed by atoms with Crippen molar-refractivity contribution >= 4 is 0 Å². The van der Waals surface area contributed by atoms with Crippen LogP contribution >= 0.6 is 0 Å². The summed E-state index contributed by atoms with van der Waals surface area (Å²) in [5.41, 5.74) is 0. The third-order valence-corrected chi connectivity index (χ3v) is 2.87. The lowest BCUT2D eigenvalue weighted by Crippen LogP contribution is -2.53. The first-order valence-electron chi connectivity index (χ1n) is 5.67. The van der Waals surface area contributed by atoms with Crippen LogP contribution in [0.4, 0.5) is 0 Å². The van der Waals surface area contributed by atoms with E-state index in [-0.39, 0.29) is 0 Å². The minimum Gasteiger partial charge on any atom is -0.396 e. The summed E-state index contributed by atoms with van der Waals surface area (Å²) in [6.45, 7) is 9.41. The number of nitrogens with zero attached hydrogens (tertiary/aromatic N) is 2. The lowest BCUT2D eigenvalue weighted by molar-refractivity contribution is 0.0637.